The van der Waals surface area contributed by atoms with E-state index in [9.17, 15) is 0 Å². The van der Waals surface area contributed by atoms with E-state index in [-0.39, 0.29) is 0 Å². The van der Waals surface area contributed by atoms with Crippen LogP contribution >= 0.6 is 28.2 Å². The van der Waals surface area contributed by atoms with Crippen LogP contribution in [-0.4, -0.2) is 9.23 Å². The normalized spacial score (nSPS) is 28.3. The second kappa shape index (κ2) is 2.06. The van der Waals surface area contributed by atoms with E-state index in [0.29, 0.717) is 0 Å². The number of rotatable bonds is 0. The Labute approximate surface area is 59.3 Å². The molecular weight excluding hydrogens is 287 g/mol. The van der Waals surface area contributed by atoms with E-state index in [0.717, 1.165) is 0 Å². The zero-order chi connectivity index (χ0) is 5.33. The molecule has 7 heavy (non-hydrogen) atoms. The summed E-state index contributed by atoms with van der Waals surface area (Å²) in [6.07, 6.45) is 4.12. The van der Waals surface area contributed by atoms with Gasteiger partial charge in [-0.1, -0.05) is 0 Å². The molecule has 0 bridgehead atoms. The second-order valence-corrected chi connectivity index (χ2v) is 20.3. The first-order valence-electron chi connectivity index (χ1n) is 1.78. The van der Waals surface area contributed by atoms with Crippen molar-refractivity contribution in [2.75, 3.05) is 0 Å². The molecule has 0 aliphatic carbocycles. The van der Waals surface area contributed by atoms with E-state index in [4.69, 9.17) is 0 Å². The molecule has 1 rings (SSSR count). The van der Waals surface area contributed by atoms with Crippen LogP contribution in [0, 0.1) is 0 Å². The van der Waals surface area contributed by atoms with Crippen molar-refractivity contribution in [1.82, 2.24) is 0 Å². The van der Waals surface area contributed by atoms with Crippen molar-refractivity contribution in [2.45, 2.75) is 0 Å². The summed E-state index contributed by atoms with van der Waals surface area (Å²) in [5.74, 6) is 0. The molecule has 0 aromatic carbocycles. The average molecular weight is 291 g/mol. The first-order chi connectivity index (χ1) is 3.21. The van der Waals surface area contributed by atoms with Gasteiger partial charge in [0, 0.05) is 0 Å². The Morgan fingerprint density at radius 2 is 1.43 bits per heavy atom. The fourth-order valence-corrected chi connectivity index (χ4v) is 4.39. The Kier molecular flexibility index (Phi) is 1.79. The topological polar surface area (TPSA) is 0 Å². The zero-order valence-corrected chi connectivity index (χ0v) is 8.36. The van der Waals surface area contributed by atoms with Crippen LogP contribution in [0.5, 0.6) is 0 Å². The van der Waals surface area contributed by atoms with Crippen LogP contribution in [0.15, 0.2) is 22.1 Å². The molecular formula is C4H4Br2Se. The summed E-state index contributed by atoms with van der Waals surface area (Å²) in [7, 11) is -1.43. The van der Waals surface area contributed by atoms with Crippen molar-refractivity contribution in [3.8, 4) is 0 Å². The summed E-state index contributed by atoms with van der Waals surface area (Å²) in [6, 6.07) is 0. The third-order valence-corrected chi connectivity index (χ3v) is 7.30. The molecule has 1 aliphatic heterocycles. The van der Waals surface area contributed by atoms with E-state index in [1.165, 1.54) is 0 Å². The molecule has 0 nitrogen and oxygen atoms in total. The average Bonchev–Trinajstić information content (AvgIpc) is 1.84. The summed E-state index contributed by atoms with van der Waals surface area (Å²) < 4.78 is 0. The molecule has 0 aromatic heterocycles. The van der Waals surface area contributed by atoms with Crippen molar-refractivity contribution in [3.63, 3.8) is 0 Å². The first-order valence-corrected chi connectivity index (χ1v) is 11.8. The van der Waals surface area contributed by atoms with Crippen LogP contribution in [0.4, 0.5) is 0 Å². The van der Waals surface area contributed by atoms with E-state index >= 15 is 0 Å². The molecule has 0 saturated heterocycles. The van der Waals surface area contributed by atoms with Crippen LogP contribution in [0.3, 0.4) is 0 Å². The van der Waals surface area contributed by atoms with Gasteiger partial charge in [0.05, 0.1) is 0 Å². The maximum absolute atomic E-state index is 3.54. The predicted molar refractivity (Wildman–Crippen MR) is 41.9 cm³/mol. The fourth-order valence-electron chi connectivity index (χ4n) is 0.346. The molecule has 40 valence electrons. The van der Waals surface area contributed by atoms with Gasteiger partial charge in [-0.3, -0.25) is 0 Å². The number of hydrogen-bond acceptors (Lipinski definition) is 0. The minimum atomic E-state index is -1.43. The Balaban J connectivity index is 2.77. The van der Waals surface area contributed by atoms with Crippen molar-refractivity contribution < 1.29 is 0 Å². The molecule has 0 N–H and O–H groups in total. The zero-order valence-electron chi connectivity index (χ0n) is 3.47. The molecule has 0 atom stereocenters. The fraction of sp³-hybridized carbons (Fsp3) is 0. The number of allylic oxidation sites excluding steroid dienone is 2. The molecule has 0 amide bonds. The summed E-state index contributed by atoms with van der Waals surface area (Å²) in [5, 5.41) is 0. The van der Waals surface area contributed by atoms with Gasteiger partial charge in [-0.05, 0) is 0 Å². The van der Waals surface area contributed by atoms with Crippen LogP contribution in [-0.2, 0) is 0 Å². The number of hydrogen-bond donors (Lipinski definition) is 0. The summed E-state index contributed by atoms with van der Waals surface area (Å²) >= 11 is 7.08. The minimum absolute atomic E-state index is 1.43. The van der Waals surface area contributed by atoms with Gasteiger partial charge in [0.2, 0.25) is 0 Å². The predicted octanol–water partition coefficient (Wildman–Crippen LogP) is 2.42. The van der Waals surface area contributed by atoms with Crippen molar-refractivity contribution in [3.05, 3.63) is 22.1 Å². The van der Waals surface area contributed by atoms with E-state index < -0.39 is 9.23 Å². The van der Waals surface area contributed by atoms with Crippen molar-refractivity contribution in [2.24, 2.45) is 0 Å². The molecule has 1 heterocycles. The van der Waals surface area contributed by atoms with Gasteiger partial charge in [-0.2, -0.15) is 0 Å². The van der Waals surface area contributed by atoms with Crippen molar-refractivity contribution in [1.29, 1.82) is 0 Å². The first kappa shape index (κ1) is 6.09. The molecule has 0 radical (unpaired) electrons. The SMILES string of the molecule is Br[Se]1(Br)C=CC=C1. The molecule has 0 saturated carbocycles. The molecule has 0 aromatic rings. The Bertz CT molecular complexity index is 112. The van der Waals surface area contributed by atoms with Gasteiger partial charge >= 0.3 is 59.6 Å². The van der Waals surface area contributed by atoms with Gasteiger partial charge in [0.1, 0.15) is 0 Å². The Hall–Kier alpha value is 0.959. The van der Waals surface area contributed by atoms with Gasteiger partial charge in [-0.25, -0.2) is 0 Å². The molecule has 3 heteroatoms. The van der Waals surface area contributed by atoms with E-state index in [1.807, 2.05) is 0 Å². The maximum atomic E-state index is 3.54. The second-order valence-electron chi connectivity index (χ2n) is 1.21. The van der Waals surface area contributed by atoms with E-state index in [1.54, 1.807) is 0 Å². The monoisotopic (exact) mass is 290 g/mol. The Morgan fingerprint density at radius 3 is 1.57 bits per heavy atom. The Morgan fingerprint density at radius 1 is 1.00 bits per heavy atom. The standard InChI is InChI=1S/C4H4Br2Se/c5-7(6)3-1-2-4-7/h1-4H. The van der Waals surface area contributed by atoms with Gasteiger partial charge in [0.15, 0.2) is 0 Å². The van der Waals surface area contributed by atoms with E-state index in [2.05, 4.69) is 50.3 Å². The van der Waals surface area contributed by atoms with Gasteiger partial charge < -0.3 is 0 Å². The molecule has 0 spiro atoms. The third-order valence-electron chi connectivity index (χ3n) is 0.631. The third kappa shape index (κ3) is 1.73. The molecule has 0 fully saturated rings. The summed E-state index contributed by atoms with van der Waals surface area (Å²) in [6.45, 7) is 0. The van der Waals surface area contributed by atoms with Gasteiger partial charge in [-0.15, -0.1) is 0 Å². The van der Waals surface area contributed by atoms with Crippen LogP contribution in [0.25, 0.3) is 0 Å². The number of halogens is 2. The molecule has 0 unspecified atom stereocenters. The summed E-state index contributed by atoms with van der Waals surface area (Å²) in [4.78, 5) is 4.35. The van der Waals surface area contributed by atoms with Gasteiger partial charge in [0.25, 0.3) is 0 Å². The molecule has 1 aliphatic rings. The van der Waals surface area contributed by atoms with Crippen LogP contribution in [0.1, 0.15) is 0 Å². The van der Waals surface area contributed by atoms with Crippen molar-refractivity contribution >= 4 is 37.4 Å². The van der Waals surface area contributed by atoms with Crippen LogP contribution < -0.4 is 0 Å². The van der Waals surface area contributed by atoms with Crippen LogP contribution in [0.2, 0.25) is 0 Å². The quantitative estimate of drug-likeness (QED) is 0.601. The summed E-state index contributed by atoms with van der Waals surface area (Å²) in [5.41, 5.74) is 0.